The molecule has 0 unspecified atom stereocenters. The molecule has 2 aromatic carbocycles. The monoisotopic (exact) mass is 334 g/mol. The number of carboxylic acid groups (broad SMARTS) is 1. The Balaban J connectivity index is 2.16. The number of carbonyl (C=O) groups is 1. The van der Waals surface area contributed by atoms with Gasteiger partial charge >= 0.3 is 5.97 Å². The molecule has 4 nitrogen and oxygen atoms in total. The van der Waals surface area contributed by atoms with E-state index in [0.29, 0.717) is 5.92 Å². The van der Waals surface area contributed by atoms with Crippen molar-refractivity contribution in [2.24, 2.45) is 0 Å². The van der Waals surface area contributed by atoms with Crippen LogP contribution in [-0.2, 0) is 0 Å². The number of hydrogen-bond acceptors (Lipinski definition) is 2. The van der Waals surface area contributed by atoms with E-state index in [2.05, 4.69) is 37.1 Å². The number of benzene rings is 2. The largest absolute Gasteiger partial charge is 0.476 e. The molecule has 0 fully saturated rings. The van der Waals surface area contributed by atoms with E-state index in [-0.39, 0.29) is 5.69 Å². The molecule has 0 spiro atoms. The van der Waals surface area contributed by atoms with Gasteiger partial charge < -0.3 is 5.11 Å². The normalized spacial score (nSPS) is 11.1. The third-order valence-electron chi connectivity index (χ3n) is 4.25. The Hall–Kier alpha value is -2.88. The second-order valence-electron chi connectivity index (χ2n) is 6.75. The van der Waals surface area contributed by atoms with Crippen molar-refractivity contribution < 1.29 is 9.90 Å². The number of aromatic nitrogens is 2. The summed E-state index contributed by atoms with van der Waals surface area (Å²) in [5, 5.41) is 13.7. The smallest absolute Gasteiger partial charge is 0.356 e. The molecule has 1 N–H and O–H groups in total. The minimum atomic E-state index is -1.02. The lowest BCUT2D eigenvalue weighted by atomic mass is 10.0. The lowest BCUT2D eigenvalue weighted by molar-refractivity contribution is 0.0690. The molecular weight excluding hydrogens is 312 g/mol. The van der Waals surface area contributed by atoms with Gasteiger partial charge in [-0.2, -0.15) is 5.10 Å². The molecule has 0 radical (unpaired) electrons. The van der Waals surface area contributed by atoms with Crippen LogP contribution in [0.1, 0.15) is 46.9 Å². The standard InChI is InChI=1S/C21H22N2O2/c1-13(2)16-5-7-17(8-6-16)20-12-19(21(24)25)22-23(20)18-10-14(3)9-15(4)11-18/h5-13H,1-4H3,(H,24,25). The number of hydrogen-bond donors (Lipinski definition) is 1. The van der Waals surface area contributed by atoms with Crippen LogP contribution in [-0.4, -0.2) is 20.9 Å². The van der Waals surface area contributed by atoms with Gasteiger partial charge in [0.25, 0.3) is 0 Å². The van der Waals surface area contributed by atoms with Gasteiger partial charge in [0.15, 0.2) is 5.69 Å². The fourth-order valence-corrected chi connectivity index (χ4v) is 3.00. The Morgan fingerprint density at radius 3 is 2.12 bits per heavy atom. The lowest BCUT2D eigenvalue weighted by Gasteiger charge is -2.11. The van der Waals surface area contributed by atoms with Gasteiger partial charge in [0, 0.05) is 5.56 Å². The first-order valence-electron chi connectivity index (χ1n) is 8.37. The summed E-state index contributed by atoms with van der Waals surface area (Å²) >= 11 is 0. The SMILES string of the molecule is Cc1cc(C)cc(-n2nc(C(=O)O)cc2-c2ccc(C(C)C)cc2)c1. The summed E-state index contributed by atoms with van der Waals surface area (Å²) in [5.74, 6) is -0.573. The molecule has 0 aliphatic rings. The first-order valence-corrected chi connectivity index (χ1v) is 8.37. The van der Waals surface area contributed by atoms with Gasteiger partial charge in [-0.25, -0.2) is 9.48 Å². The van der Waals surface area contributed by atoms with Crippen LogP contribution in [0.5, 0.6) is 0 Å². The fourth-order valence-electron chi connectivity index (χ4n) is 3.00. The summed E-state index contributed by atoms with van der Waals surface area (Å²) in [6.45, 7) is 8.35. The van der Waals surface area contributed by atoms with Crippen LogP contribution in [0.3, 0.4) is 0 Å². The van der Waals surface area contributed by atoms with E-state index in [0.717, 1.165) is 28.1 Å². The van der Waals surface area contributed by atoms with Crippen molar-refractivity contribution in [1.82, 2.24) is 9.78 Å². The number of rotatable bonds is 4. The molecule has 0 aliphatic heterocycles. The summed E-state index contributed by atoms with van der Waals surface area (Å²) in [5.41, 5.74) is 6.11. The highest BCUT2D eigenvalue weighted by molar-refractivity contribution is 5.87. The average molecular weight is 334 g/mol. The van der Waals surface area contributed by atoms with Gasteiger partial charge in [0.05, 0.1) is 11.4 Å². The molecule has 0 aliphatic carbocycles. The molecule has 1 heterocycles. The predicted octanol–water partition coefficient (Wildman–Crippen LogP) is 4.98. The predicted molar refractivity (Wildman–Crippen MR) is 99.5 cm³/mol. The third-order valence-corrected chi connectivity index (χ3v) is 4.25. The minimum Gasteiger partial charge on any atom is -0.476 e. The number of nitrogens with zero attached hydrogens (tertiary/aromatic N) is 2. The quantitative estimate of drug-likeness (QED) is 0.732. The van der Waals surface area contributed by atoms with E-state index in [4.69, 9.17) is 0 Å². The molecule has 0 saturated heterocycles. The fraction of sp³-hybridized carbons (Fsp3) is 0.238. The average Bonchev–Trinajstić information content (AvgIpc) is 2.99. The van der Waals surface area contributed by atoms with Gasteiger partial charge in [-0.3, -0.25) is 0 Å². The van der Waals surface area contributed by atoms with E-state index in [1.165, 1.54) is 5.56 Å². The summed E-state index contributed by atoms with van der Waals surface area (Å²) in [6, 6.07) is 16.0. The summed E-state index contributed by atoms with van der Waals surface area (Å²) in [7, 11) is 0. The van der Waals surface area contributed by atoms with E-state index >= 15 is 0 Å². The molecule has 0 bridgehead atoms. The third kappa shape index (κ3) is 3.48. The van der Waals surface area contributed by atoms with Crippen molar-refractivity contribution in [2.75, 3.05) is 0 Å². The highest BCUT2D eigenvalue weighted by Gasteiger charge is 2.16. The summed E-state index contributed by atoms with van der Waals surface area (Å²) in [4.78, 5) is 11.4. The van der Waals surface area contributed by atoms with E-state index in [9.17, 15) is 9.90 Å². The van der Waals surface area contributed by atoms with Gasteiger partial charge in [-0.05, 0) is 54.7 Å². The van der Waals surface area contributed by atoms with Crippen LogP contribution in [0.2, 0.25) is 0 Å². The van der Waals surface area contributed by atoms with E-state index in [1.807, 2.05) is 38.1 Å². The molecule has 0 saturated carbocycles. The zero-order valence-electron chi connectivity index (χ0n) is 14.9. The maximum atomic E-state index is 11.4. The molecule has 4 heteroatoms. The molecule has 0 atom stereocenters. The van der Waals surface area contributed by atoms with Gasteiger partial charge in [-0.1, -0.05) is 44.2 Å². The van der Waals surface area contributed by atoms with Crippen LogP contribution in [0.25, 0.3) is 16.9 Å². The number of aryl methyl sites for hydroxylation is 2. The van der Waals surface area contributed by atoms with Crippen LogP contribution in [0.4, 0.5) is 0 Å². The maximum absolute atomic E-state index is 11.4. The Labute approximate surface area is 147 Å². The summed E-state index contributed by atoms with van der Waals surface area (Å²) < 4.78 is 1.72. The second-order valence-corrected chi connectivity index (χ2v) is 6.75. The number of carboxylic acids is 1. The Kier molecular flexibility index (Phi) is 4.45. The molecule has 25 heavy (non-hydrogen) atoms. The zero-order chi connectivity index (χ0) is 18.1. The van der Waals surface area contributed by atoms with Crippen LogP contribution in [0, 0.1) is 13.8 Å². The van der Waals surface area contributed by atoms with Gasteiger partial charge in [0.2, 0.25) is 0 Å². The first kappa shape index (κ1) is 17.0. The molecule has 1 aromatic heterocycles. The molecule has 0 amide bonds. The Morgan fingerprint density at radius 1 is 1.00 bits per heavy atom. The van der Waals surface area contributed by atoms with E-state index < -0.39 is 5.97 Å². The summed E-state index contributed by atoms with van der Waals surface area (Å²) in [6.07, 6.45) is 0. The zero-order valence-corrected chi connectivity index (χ0v) is 14.9. The number of aromatic carboxylic acids is 1. The lowest BCUT2D eigenvalue weighted by Crippen LogP contribution is -2.03. The van der Waals surface area contributed by atoms with Crippen molar-refractivity contribution >= 4 is 5.97 Å². The Morgan fingerprint density at radius 2 is 1.60 bits per heavy atom. The molecular formula is C21H22N2O2. The van der Waals surface area contributed by atoms with Crippen LogP contribution in [0.15, 0.2) is 48.5 Å². The molecule has 3 aromatic rings. The van der Waals surface area contributed by atoms with Crippen molar-refractivity contribution in [1.29, 1.82) is 0 Å². The topological polar surface area (TPSA) is 55.1 Å². The maximum Gasteiger partial charge on any atom is 0.356 e. The van der Waals surface area contributed by atoms with Crippen LogP contribution < -0.4 is 0 Å². The van der Waals surface area contributed by atoms with Gasteiger partial charge in [0.1, 0.15) is 0 Å². The second kappa shape index (κ2) is 6.55. The van der Waals surface area contributed by atoms with Gasteiger partial charge in [-0.15, -0.1) is 0 Å². The highest BCUT2D eigenvalue weighted by atomic mass is 16.4. The van der Waals surface area contributed by atoms with Crippen molar-refractivity contribution in [3.8, 4) is 16.9 Å². The molecule has 128 valence electrons. The van der Waals surface area contributed by atoms with Crippen LogP contribution >= 0.6 is 0 Å². The van der Waals surface area contributed by atoms with E-state index in [1.54, 1.807) is 10.7 Å². The van der Waals surface area contributed by atoms with Crippen molar-refractivity contribution in [3.63, 3.8) is 0 Å². The van der Waals surface area contributed by atoms with Crippen molar-refractivity contribution in [3.05, 3.63) is 70.9 Å². The first-order chi connectivity index (χ1) is 11.8. The highest BCUT2D eigenvalue weighted by Crippen LogP contribution is 2.27. The molecule has 3 rings (SSSR count). The Bertz CT molecular complexity index is 901. The minimum absolute atomic E-state index is 0.0436. The van der Waals surface area contributed by atoms with Crippen molar-refractivity contribution in [2.45, 2.75) is 33.6 Å².